The molecular weight excluding hydrogens is 244 g/mol. The molecule has 17 heavy (non-hydrogen) atoms. The topological polar surface area (TPSA) is 69.7 Å². The van der Waals surface area contributed by atoms with Crippen molar-refractivity contribution in [2.75, 3.05) is 21.3 Å². The zero-order chi connectivity index (χ0) is 12.8. The van der Waals surface area contributed by atoms with Crippen LogP contribution in [0.2, 0.25) is 0 Å². The predicted molar refractivity (Wildman–Crippen MR) is 63.5 cm³/mol. The minimum absolute atomic E-state index is 0.314. The van der Waals surface area contributed by atoms with E-state index < -0.39 is 6.04 Å². The first kappa shape index (κ1) is 13.7. The fourth-order valence-corrected chi connectivity index (χ4v) is 1.96. The average Bonchev–Trinajstić information content (AvgIpc) is 2.76. The molecule has 0 aliphatic heterocycles. The van der Waals surface area contributed by atoms with Gasteiger partial charge in [0.15, 0.2) is 0 Å². The highest BCUT2D eigenvalue weighted by Gasteiger charge is 2.18. The Kier molecular flexibility index (Phi) is 5.17. The van der Waals surface area contributed by atoms with Crippen molar-refractivity contribution in [3.63, 3.8) is 0 Å². The molecule has 6 nitrogen and oxygen atoms in total. The Morgan fingerprint density at radius 1 is 1.41 bits per heavy atom. The first-order chi connectivity index (χ1) is 8.13. The monoisotopic (exact) mass is 260 g/mol. The van der Waals surface area contributed by atoms with E-state index in [0.29, 0.717) is 17.5 Å². The van der Waals surface area contributed by atoms with Gasteiger partial charge in [0.1, 0.15) is 6.04 Å². The Hall–Kier alpha value is -1.34. The van der Waals surface area contributed by atoms with Gasteiger partial charge in [-0.1, -0.05) is 0 Å². The van der Waals surface area contributed by atoms with Gasteiger partial charge in [0.2, 0.25) is 10.9 Å². The number of carbonyl (C=O) groups is 1. The second kappa shape index (κ2) is 6.41. The van der Waals surface area contributed by atoms with Gasteiger partial charge in [-0.05, 0) is 6.92 Å². The molecule has 1 N–H and O–H groups in total. The number of esters is 1. The van der Waals surface area contributed by atoms with E-state index in [2.05, 4.69) is 14.4 Å². The number of aromatic nitrogens is 1. The van der Waals surface area contributed by atoms with E-state index in [1.54, 1.807) is 21.1 Å². The highest BCUT2D eigenvalue weighted by Crippen LogP contribution is 2.32. The normalized spacial score (nSPS) is 12.0. The lowest BCUT2D eigenvalue weighted by Gasteiger charge is -2.11. The summed E-state index contributed by atoms with van der Waals surface area (Å²) in [4.78, 5) is 11.2. The third kappa shape index (κ3) is 3.31. The summed E-state index contributed by atoms with van der Waals surface area (Å²) in [6.45, 7) is 2.16. The molecule has 0 aliphatic rings. The highest BCUT2D eigenvalue weighted by molar-refractivity contribution is 7.08. The third-order valence-electron chi connectivity index (χ3n) is 2.23. The maximum absolute atomic E-state index is 11.2. The van der Waals surface area contributed by atoms with Crippen molar-refractivity contribution in [3.05, 3.63) is 5.56 Å². The zero-order valence-electron chi connectivity index (χ0n) is 10.3. The molecule has 1 heterocycles. The van der Waals surface area contributed by atoms with Gasteiger partial charge in [0.05, 0.1) is 26.9 Å². The van der Waals surface area contributed by atoms with Gasteiger partial charge in [0, 0.05) is 18.1 Å². The molecule has 0 aromatic carbocycles. The van der Waals surface area contributed by atoms with Crippen molar-refractivity contribution in [2.24, 2.45) is 0 Å². The Balaban J connectivity index is 2.67. The van der Waals surface area contributed by atoms with E-state index in [4.69, 9.17) is 9.47 Å². The lowest BCUT2D eigenvalue weighted by atomic mass is 10.3. The largest absolute Gasteiger partial charge is 0.486 e. The van der Waals surface area contributed by atoms with Gasteiger partial charge in [-0.25, -0.2) is 0 Å². The van der Waals surface area contributed by atoms with Crippen LogP contribution in [0.15, 0.2) is 0 Å². The number of nitrogens with zero attached hydrogens (tertiary/aromatic N) is 1. The van der Waals surface area contributed by atoms with Crippen LogP contribution < -0.4 is 14.8 Å². The fourth-order valence-electron chi connectivity index (χ4n) is 1.26. The molecule has 7 heteroatoms. The Bertz CT molecular complexity index is 359. The van der Waals surface area contributed by atoms with Gasteiger partial charge in [-0.15, -0.1) is 0 Å². The van der Waals surface area contributed by atoms with Crippen LogP contribution in [0.3, 0.4) is 0 Å². The van der Waals surface area contributed by atoms with Crippen LogP contribution in [0.5, 0.6) is 10.9 Å². The van der Waals surface area contributed by atoms with Crippen LogP contribution >= 0.6 is 11.5 Å². The van der Waals surface area contributed by atoms with E-state index in [9.17, 15) is 4.79 Å². The molecule has 1 aromatic heterocycles. The minimum Gasteiger partial charge on any atom is -0.486 e. The molecule has 0 saturated heterocycles. The standard InChI is InChI=1S/C10H16N2O4S/c1-6(9(13)15-3)11-5-7-8(14-2)12-17-10(7)16-4/h6,11H,5H2,1-4H3. The molecule has 1 unspecified atom stereocenters. The Labute approximate surface area is 104 Å². The summed E-state index contributed by atoms with van der Waals surface area (Å²) in [5, 5.41) is 3.69. The number of methoxy groups -OCH3 is 3. The van der Waals surface area contributed by atoms with Crippen LogP contribution in [0.25, 0.3) is 0 Å². The second-order valence-corrected chi connectivity index (χ2v) is 4.02. The van der Waals surface area contributed by atoms with Gasteiger partial charge >= 0.3 is 5.97 Å². The summed E-state index contributed by atoms with van der Waals surface area (Å²) in [7, 11) is 4.47. The van der Waals surface area contributed by atoms with E-state index in [1.165, 1.54) is 18.6 Å². The molecule has 0 aliphatic carbocycles. The average molecular weight is 260 g/mol. The van der Waals surface area contributed by atoms with Gasteiger partial charge in [-0.3, -0.25) is 4.79 Å². The molecule has 0 fully saturated rings. The smallest absolute Gasteiger partial charge is 0.322 e. The van der Waals surface area contributed by atoms with Crippen molar-refractivity contribution in [1.29, 1.82) is 0 Å². The first-order valence-corrected chi connectivity index (χ1v) is 5.79. The Morgan fingerprint density at radius 3 is 2.65 bits per heavy atom. The highest BCUT2D eigenvalue weighted by atomic mass is 32.1. The molecule has 0 amide bonds. The van der Waals surface area contributed by atoms with E-state index >= 15 is 0 Å². The van der Waals surface area contributed by atoms with Gasteiger partial charge < -0.3 is 19.5 Å². The van der Waals surface area contributed by atoms with Crippen LogP contribution in [-0.2, 0) is 16.1 Å². The van der Waals surface area contributed by atoms with Crippen molar-refractivity contribution >= 4 is 17.5 Å². The lowest BCUT2D eigenvalue weighted by molar-refractivity contribution is -0.142. The van der Waals surface area contributed by atoms with Crippen LogP contribution in [0.4, 0.5) is 0 Å². The molecule has 0 spiro atoms. The second-order valence-electron chi connectivity index (χ2n) is 3.29. The summed E-state index contributed by atoms with van der Waals surface area (Å²) in [6, 6.07) is -0.394. The van der Waals surface area contributed by atoms with Crippen LogP contribution in [-0.4, -0.2) is 37.7 Å². The van der Waals surface area contributed by atoms with Gasteiger partial charge in [0.25, 0.3) is 0 Å². The maximum atomic E-state index is 11.2. The molecule has 0 radical (unpaired) electrons. The Morgan fingerprint density at radius 2 is 2.12 bits per heavy atom. The molecule has 0 bridgehead atoms. The summed E-state index contributed by atoms with van der Waals surface area (Å²) < 4.78 is 19.0. The first-order valence-electron chi connectivity index (χ1n) is 5.01. The molecular formula is C10H16N2O4S. The summed E-state index contributed by atoms with van der Waals surface area (Å²) in [5.41, 5.74) is 0.802. The molecule has 1 atom stereocenters. The van der Waals surface area contributed by atoms with Crippen molar-refractivity contribution in [2.45, 2.75) is 19.5 Å². The molecule has 1 aromatic rings. The fraction of sp³-hybridized carbons (Fsp3) is 0.600. The van der Waals surface area contributed by atoms with Crippen molar-refractivity contribution < 1.29 is 19.0 Å². The number of nitrogens with one attached hydrogen (secondary N) is 1. The zero-order valence-corrected chi connectivity index (χ0v) is 11.1. The number of hydrogen-bond donors (Lipinski definition) is 1. The predicted octanol–water partition coefficient (Wildman–Crippen LogP) is 0.811. The molecule has 0 saturated carbocycles. The number of ether oxygens (including phenoxy) is 3. The van der Waals surface area contributed by atoms with Crippen LogP contribution in [0.1, 0.15) is 12.5 Å². The minimum atomic E-state index is -0.394. The SMILES string of the molecule is COC(=O)C(C)NCc1c(OC)nsc1OC. The summed E-state index contributed by atoms with van der Waals surface area (Å²) >= 11 is 1.21. The van der Waals surface area contributed by atoms with Crippen molar-refractivity contribution in [3.8, 4) is 10.9 Å². The van der Waals surface area contributed by atoms with E-state index in [-0.39, 0.29) is 5.97 Å². The lowest BCUT2D eigenvalue weighted by Crippen LogP contribution is -2.34. The third-order valence-corrected chi connectivity index (χ3v) is 3.07. The number of rotatable bonds is 6. The maximum Gasteiger partial charge on any atom is 0.322 e. The number of hydrogen-bond acceptors (Lipinski definition) is 7. The van der Waals surface area contributed by atoms with Gasteiger partial charge in [-0.2, -0.15) is 4.37 Å². The summed E-state index contributed by atoms with van der Waals surface area (Å²) in [6.07, 6.45) is 0. The van der Waals surface area contributed by atoms with Crippen LogP contribution in [0, 0.1) is 0 Å². The number of carbonyl (C=O) groups excluding carboxylic acids is 1. The molecule has 96 valence electrons. The summed E-state index contributed by atoms with van der Waals surface area (Å²) in [5.74, 6) is 0.197. The van der Waals surface area contributed by atoms with E-state index in [1.807, 2.05) is 0 Å². The molecule has 1 rings (SSSR count). The quantitative estimate of drug-likeness (QED) is 0.763. The van der Waals surface area contributed by atoms with Crippen molar-refractivity contribution in [1.82, 2.24) is 9.69 Å². The van der Waals surface area contributed by atoms with E-state index in [0.717, 1.165) is 5.56 Å².